The Labute approximate surface area is 199 Å². The Bertz CT molecular complexity index is 1620. The van der Waals surface area contributed by atoms with Crippen molar-refractivity contribution in [3.05, 3.63) is 94.3 Å². The zero-order valence-electron chi connectivity index (χ0n) is 18.8. The van der Waals surface area contributed by atoms with Crippen molar-refractivity contribution in [3.63, 3.8) is 0 Å². The van der Waals surface area contributed by atoms with E-state index in [1.54, 1.807) is 18.2 Å². The first-order valence-corrected chi connectivity index (χ1v) is 10.9. The SMILES string of the molecule is COc1ccc2c(C[C@H](NC(=O)c3c4ccccc4nc4ccccc34)C(N)=O)cc(=O)oc2c1. The molecular weight excluding hydrogens is 446 g/mol. The number of rotatable bonds is 6. The Balaban J connectivity index is 1.55. The standard InChI is InChI=1S/C27H21N3O5/c1-34-16-10-11-17-15(13-24(31)35-23(17)14-16)12-22(26(28)32)30-27(33)25-18-6-2-4-8-20(18)29-21-9-5-3-7-19(21)25/h2-11,13-14,22H,12H2,1H3,(H2,28,32)(H,30,33)/t22-/m0/s1. The van der Waals surface area contributed by atoms with Crippen LogP contribution in [0.4, 0.5) is 0 Å². The van der Waals surface area contributed by atoms with Crippen molar-refractivity contribution in [2.24, 2.45) is 5.73 Å². The van der Waals surface area contributed by atoms with Gasteiger partial charge in [0.05, 0.1) is 23.7 Å². The van der Waals surface area contributed by atoms with Crippen molar-refractivity contribution in [1.29, 1.82) is 0 Å². The molecule has 0 aliphatic heterocycles. The number of hydrogen-bond acceptors (Lipinski definition) is 6. The second-order valence-electron chi connectivity index (χ2n) is 8.11. The lowest BCUT2D eigenvalue weighted by Crippen LogP contribution is -2.46. The highest BCUT2D eigenvalue weighted by molar-refractivity contribution is 6.16. The summed E-state index contributed by atoms with van der Waals surface area (Å²) in [5.41, 5.74) is 7.65. The summed E-state index contributed by atoms with van der Waals surface area (Å²) in [4.78, 5) is 42.7. The molecule has 5 aromatic rings. The van der Waals surface area contributed by atoms with Crippen LogP contribution in [0.2, 0.25) is 0 Å². The average Bonchev–Trinajstić information content (AvgIpc) is 2.86. The van der Waals surface area contributed by atoms with Crippen LogP contribution in [-0.2, 0) is 11.2 Å². The Morgan fingerprint density at radius 1 is 0.971 bits per heavy atom. The van der Waals surface area contributed by atoms with E-state index in [0.29, 0.717) is 49.7 Å². The summed E-state index contributed by atoms with van der Waals surface area (Å²) in [6.07, 6.45) is 0.0104. The van der Waals surface area contributed by atoms with Gasteiger partial charge >= 0.3 is 5.63 Å². The van der Waals surface area contributed by atoms with Crippen LogP contribution in [-0.4, -0.2) is 29.9 Å². The van der Waals surface area contributed by atoms with Crippen LogP contribution in [0.25, 0.3) is 32.8 Å². The maximum Gasteiger partial charge on any atom is 0.336 e. The van der Waals surface area contributed by atoms with Crippen LogP contribution >= 0.6 is 0 Å². The highest BCUT2D eigenvalue weighted by Gasteiger charge is 2.24. The number of pyridine rings is 1. The monoisotopic (exact) mass is 467 g/mol. The molecule has 0 bridgehead atoms. The molecule has 0 radical (unpaired) electrons. The highest BCUT2D eigenvalue weighted by Crippen LogP contribution is 2.27. The molecule has 0 fully saturated rings. The first kappa shape index (κ1) is 22.1. The molecule has 174 valence electrons. The van der Waals surface area contributed by atoms with Crippen molar-refractivity contribution >= 4 is 44.6 Å². The minimum atomic E-state index is -1.07. The number of para-hydroxylation sites is 2. The number of nitrogens with zero attached hydrogens (tertiary/aromatic N) is 1. The van der Waals surface area contributed by atoms with Crippen LogP contribution in [0.15, 0.2) is 82.0 Å². The van der Waals surface area contributed by atoms with E-state index in [-0.39, 0.29) is 6.42 Å². The van der Waals surface area contributed by atoms with E-state index < -0.39 is 23.5 Å². The second kappa shape index (κ2) is 8.90. The number of benzene rings is 3. The zero-order chi connectivity index (χ0) is 24.5. The molecule has 0 aliphatic rings. The summed E-state index contributed by atoms with van der Waals surface area (Å²) in [6, 6.07) is 19.9. The van der Waals surface area contributed by atoms with Gasteiger partial charge < -0.3 is 20.2 Å². The molecule has 35 heavy (non-hydrogen) atoms. The third-order valence-corrected chi connectivity index (χ3v) is 5.92. The predicted octanol–water partition coefficient (Wildman–Crippen LogP) is 3.33. The summed E-state index contributed by atoms with van der Waals surface area (Å²) in [7, 11) is 1.51. The lowest BCUT2D eigenvalue weighted by Gasteiger charge is -2.18. The molecule has 0 saturated carbocycles. The lowest BCUT2D eigenvalue weighted by atomic mass is 9.99. The Kier molecular flexibility index (Phi) is 5.62. The summed E-state index contributed by atoms with van der Waals surface area (Å²) in [5, 5.41) is 4.70. The highest BCUT2D eigenvalue weighted by atomic mass is 16.5. The lowest BCUT2D eigenvalue weighted by molar-refractivity contribution is -0.119. The summed E-state index contributed by atoms with van der Waals surface area (Å²) < 4.78 is 10.5. The third-order valence-electron chi connectivity index (χ3n) is 5.92. The largest absolute Gasteiger partial charge is 0.497 e. The van der Waals surface area contributed by atoms with E-state index in [1.807, 2.05) is 48.5 Å². The van der Waals surface area contributed by atoms with Crippen LogP contribution in [0.3, 0.4) is 0 Å². The van der Waals surface area contributed by atoms with Crippen LogP contribution in [0.1, 0.15) is 15.9 Å². The number of primary amides is 1. The van der Waals surface area contributed by atoms with Gasteiger partial charge in [0.1, 0.15) is 17.4 Å². The topological polar surface area (TPSA) is 125 Å². The molecule has 0 saturated heterocycles. The van der Waals surface area contributed by atoms with E-state index in [9.17, 15) is 14.4 Å². The molecule has 2 heterocycles. The number of nitrogens with one attached hydrogen (secondary N) is 1. The van der Waals surface area contributed by atoms with Crippen molar-refractivity contribution in [1.82, 2.24) is 10.3 Å². The molecule has 0 unspecified atom stereocenters. The molecular formula is C27H21N3O5. The number of ether oxygens (including phenoxy) is 1. The minimum absolute atomic E-state index is 0.0104. The van der Waals surface area contributed by atoms with Gasteiger partial charge in [0, 0.05) is 34.7 Å². The van der Waals surface area contributed by atoms with E-state index in [2.05, 4.69) is 10.3 Å². The van der Waals surface area contributed by atoms with Gasteiger partial charge in [-0.15, -0.1) is 0 Å². The summed E-state index contributed by atoms with van der Waals surface area (Å²) in [6.45, 7) is 0. The Morgan fingerprint density at radius 2 is 1.63 bits per heavy atom. The first-order chi connectivity index (χ1) is 16.9. The summed E-state index contributed by atoms with van der Waals surface area (Å²) in [5.74, 6) is -0.664. The van der Waals surface area contributed by atoms with Crippen molar-refractivity contribution in [2.75, 3.05) is 7.11 Å². The molecule has 0 spiro atoms. The van der Waals surface area contributed by atoms with E-state index >= 15 is 0 Å². The van der Waals surface area contributed by atoms with Crippen LogP contribution in [0.5, 0.6) is 5.75 Å². The normalized spacial score (nSPS) is 12.0. The Morgan fingerprint density at radius 3 is 2.26 bits per heavy atom. The van der Waals surface area contributed by atoms with Gasteiger partial charge in [-0.05, 0) is 29.8 Å². The molecule has 2 amide bonds. The van der Waals surface area contributed by atoms with Gasteiger partial charge in [0.15, 0.2) is 0 Å². The third kappa shape index (κ3) is 4.17. The number of hydrogen-bond donors (Lipinski definition) is 2. The maximum atomic E-state index is 13.5. The fraction of sp³-hybridized carbons (Fsp3) is 0.111. The van der Waals surface area contributed by atoms with Crippen molar-refractivity contribution in [2.45, 2.75) is 12.5 Å². The quantitative estimate of drug-likeness (QED) is 0.292. The van der Waals surface area contributed by atoms with Crippen molar-refractivity contribution < 1.29 is 18.7 Å². The maximum absolute atomic E-state index is 13.5. The summed E-state index contributed by atoms with van der Waals surface area (Å²) >= 11 is 0. The van der Waals surface area contributed by atoms with E-state index in [4.69, 9.17) is 14.9 Å². The minimum Gasteiger partial charge on any atom is -0.497 e. The number of amides is 2. The average molecular weight is 467 g/mol. The molecule has 1 atom stereocenters. The van der Waals surface area contributed by atoms with Gasteiger partial charge in [0.25, 0.3) is 5.91 Å². The molecule has 8 nitrogen and oxygen atoms in total. The fourth-order valence-electron chi connectivity index (χ4n) is 4.26. The number of carbonyl (C=O) groups is 2. The number of nitrogens with two attached hydrogens (primary N) is 1. The van der Waals surface area contributed by atoms with E-state index in [1.165, 1.54) is 13.2 Å². The number of aromatic nitrogens is 1. The van der Waals surface area contributed by atoms with Crippen molar-refractivity contribution in [3.8, 4) is 5.75 Å². The molecule has 3 N–H and O–H groups in total. The molecule has 8 heteroatoms. The van der Waals surface area contributed by atoms with Gasteiger partial charge in [0.2, 0.25) is 5.91 Å². The predicted molar refractivity (Wildman–Crippen MR) is 132 cm³/mol. The number of methoxy groups -OCH3 is 1. The second-order valence-corrected chi connectivity index (χ2v) is 8.11. The molecule has 0 aliphatic carbocycles. The Hall–Kier alpha value is -4.72. The van der Waals surface area contributed by atoms with Gasteiger partial charge in [-0.25, -0.2) is 9.78 Å². The smallest absolute Gasteiger partial charge is 0.336 e. The first-order valence-electron chi connectivity index (χ1n) is 10.9. The zero-order valence-corrected chi connectivity index (χ0v) is 18.8. The molecule has 3 aromatic carbocycles. The molecule has 2 aromatic heterocycles. The van der Waals surface area contributed by atoms with Gasteiger partial charge in [-0.3, -0.25) is 9.59 Å². The van der Waals surface area contributed by atoms with Crippen LogP contribution in [0, 0.1) is 0 Å². The number of fused-ring (bicyclic) bond motifs is 3. The molecule has 5 rings (SSSR count). The van der Waals surface area contributed by atoms with Gasteiger partial charge in [-0.2, -0.15) is 0 Å². The fourth-order valence-corrected chi connectivity index (χ4v) is 4.26. The van der Waals surface area contributed by atoms with Gasteiger partial charge in [-0.1, -0.05) is 36.4 Å². The number of carbonyl (C=O) groups excluding carboxylic acids is 2. The van der Waals surface area contributed by atoms with Crippen LogP contribution < -0.4 is 21.4 Å². The van der Waals surface area contributed by atoms with E-state index in [0.717, 1.165) is 0 Å².